The first kappa shape index (κ1) is 26.7. The van der Waals surface area contributed by atoms with Gasteiger partial charge in [0.2, 0.25) is 0 Å². The van der Waals surface area contributed by atoms with Gasteiger partial charge >= 0.3 is 6.03 Å². The van der Waals surface area contributed by atoms with Crippen molar-refractivity contribution in [3.63, 3.8) is 0 Å². The van der Waals surface area contributed by atoms with Crippen molar-refractivity contribution < 1.29 is 28.9 Å². The van der Waals surface area contributed by atoms with Crippen LogP contribution in [0, 0.1) is 17.8 Å². The van der Waals surface area contributed by atoms with Crippen LogP contribution >= 0.6 is 0 Å². The molecule has 5 aliphatic carbocycles. The number of nitrogens with one attached hydrogen (secondary N) is 3. The lowest BCUT2D eigenvalue weighted by Crippen LogP contribution is -2.60. The molecule has 4 atom stereocenters. The molecule has 2 aliphatic heterocycles. The zero-order valence-corrected chi connectivity index (χ0v) is 23.7. The van der Waals surface area contributed by atoms with Crippen molar-refractivity contribution in [2.45, 2.75) is 106 Å². The highest BCUT2D eigenvalue weighted by molar-refractivity contribution is 5.96. The van der Waals surface area contributed by atoms with Crippen molar-refractivity contribution in [2.75, 3.05) is 18.5 Å². The van der Waals surface area contributed by atoms with Gasteiger partial charge in [0.1, 0.15) is 18.5 Å². The molecule has 13 nitrogen and oxygen atoms in total. The topological polar surface area (TPSA) is 162 Å². The molecule has 7 aliphatic rings. The first-order valence-corrected chi connectivity index (χ1v) is 15.6. The Hall–Kier alpha value is -2.87. The molecule has 2 aromatic heterocycles. The van der Waals surface area contributed by atoms with Crippen LogP contribution in [0.4, 0.5) is 10.6 Å². The minimum absolute atomic E-state index is 0.119. The summed E-state index contributed by atoms with van der Waals surface area (Å²) >= 11 is 0. The fourth-order valence-electron chi connectivity index (χ4n) is 9.23. The summed E-state index contributed by atoms with van der Waals surface area (Å²) in [5.74, 6) is 1.38. The Balaban J connectivity index is 1.04. The van der Waals surface area contributed by atoms with Crippen molar-refractivity contribution in [3.05, 3.63) is 12.7 Å². The SMILES string of the molecule is O=C(Nc1ncnc2c1ncn2[C@@H]1O[C@H](C(=O)NCCO)C2OC3(CCCCC3)O[C@@H]21)NC12CC3CC(CC(C3)C1)C2. The molecule has 1 unspecified atom stereocenters. The van der Waals surface area contributed by atoms with Gasteiger partial charge in [-0.1, -0.05) is 6.42 Å². The molecule has 226 valence electrons. The Bertz CT molecular complexity index is 1340. The fourth-order valence-corrected chi connectivity index (χ4v) is 9.23. The van der Waals surface area contributed by atoms with E-state index in [0.29, 0.717) is 17.0 Å². The number of amides is 3. The van der Waals surface area contributed by atoms with Crippen LogP contribution in [0.1, 0.15) is 76.9 Å². The largest absolute Gasteiger partial charge is 0.395 e. The number of rotatable bonds is 6. The quantitative estimate of drug-likeness (QED) is 0.401. The first-order chi connectivity index (χ1) is 20.4. The lowest BCUT2D eigenvalue weighted by atomic mass is 9.53. The molecular weight excluding hydrogens is 542 g/mol. The van der Waals surface area contributed by atoms with Gasteiger partial charge in [0.05, 0.1) is 12.9 Å². The van der Waals surface area contributed by atoms with E-state index in [9.17, 15) is 14.7 Å². The predicted molar refractivity (Wildman–Crippen MR) is 148 cm³/mol. The van der Waals surface area contributed by atoms with Crippen LogP contribution in [0.2, 0.25) is 0 Å². The van der Waals surface area contributed by atoms with Gasteiger partial charge in [-0.05, 0) is 69.1 Å². The standard InChI is InChI=1S/C29H39N7O6/c37-7-6-30-25(38)21-20-22(42-29(41-20)4-2-1-3-5-29)26(40-21)36-15-33-19-23(31-14-32-24(19)36)34-27(39)35-28-11-16-8-17(12-28)10-18(9-16)13-28/h14-18,20-22,26,37H,1-13H2,(H,30,38)(H2,31,32,34,35,39)/t16?,17?,18?,20?,21-,22-,26+,28?/m0/s1. The molecule has 2 aromatic rings. The molecule has 42 heavy (non-hydrogen) atoms. The first-order valence-electron chi connectivity index (χ1n) is 15.6. The number of fused-ring (bicyclic) bond motifs is 2. The molecule has 0 radical (unpaired) electrons. The highest BCUT2D eigenvalue weighted by atomic mass is 16.8. The van der Waals surface area contributed by atoms with Crippen LogP contribution in [0.25, 0.3) is 11.2 Å². The molecule has 9 rings (SSSR count). The zero-order valence-electron chi connectivity index (χ0n) is 23.7. The maximum Gasteiger partial charge on any atom is 0.320 e. The number of aromatic nitrogens is 4. The van der Waals surface area contributed by atoms with E-state index in [-0.39, 0.29) is 30.6 Å². The number of hydrogen-bond acceptors (Lipinski definition) is 9. The van der Waals surface area contributed by atoms with Gasteiger partial charge in [-0.3, -0.25) is 14.7 Å². The average molecular weight is 582 g/mol. The number of aliphatic hydroxyl groups excluding tert-OH is 1. The number of imidazole rings is 1. The van der Waals surface area contributed by atoms with Crippen LogP contribution in [0.15, 0.2) is 12.7 Å². The summed E-state index contributed by atoms with van der Waals surface area (Å²) in [6.07, 6.45) is 11.9. The summed E-state index contributed by atoms with van der Waals surface area (Å²) < 4.78 is 21.0. The van der Waals surface area contributed by atoms with Gasteiger partial charge in [0.25, 0.3) is 5.91 Å². The van der Waals surface area contributed by atoms with Gasteiger partial charge in [-0.25, -0.2) is 19.7 Å². The molecule has 5 saturated carbocycles. The van der Waals surface area contributed by atoms with Crippen LogP contribution < -0.4 is 16.0 Å². The summed E-state index contributed by atoms with van der Waals surface area (Å²) in [5, 5.41) is 18.2. The van der Waals surface area contributed by atoms with Gasteiger partial charge < -0.3 is 30.0 Å². The van der Waals surface area contributed by atoms with Crippen molar-refractivity contribution >= 4 is 28.9 Å². The van der Waals surface area contributed by atoms with Gasteiger partial charge in [-0.15, -0.1) is 0 Å². The number of carbonyl (C=O) groups excluding carboxylic acids is 2. The van der Waals surface area contributed by atoms with E-state index in [4.69, 9.17) is 14.2 Å². The molecule has 2 saturated heterocycles. The molecule has 4 N–H and O–H groups in total. The van der Waals surface area contributed by atoms with Crippen LogP contribution in [-0.2, 0) is 19.0 Å². The van der Waals surface area contributed by atoms with Crippen molar-refractivity contribution in [2.24, 2.45) is 17.8 Å². The van der Waals surface area contributed by atoms with Crippen LogP contribution in [0.3, 0.4) is 0 Å². The van der Waals surface area contributed by atoms with E-state index in [1.165, 1.54) is 25.6 Å². The number of anilines is 1. The lowest BCUT2D eigenvalue weighted by molar-refractivity contribution is -0.229. The number of ether oxygens (including phenoxy) is 3. The van der Waals surface area contributed by atoms with Crippen molar-refractivity contribution in [1.29, 1.82) is 0 Å². The number of hydrogen-bond donors (Lipinski definition) is 4. The number of nitrogens with zero attached hydrogens (tertiary/aromatic N) is 4. The molecule has 1 spiro atoms. The molecular formula is C29H39N7O6. The molecule has 7 fully saturated rings. The smallest absolute Gasteiger partial charge is 0.320 e. The summed E-state index contributed by atoms with van der Waals surface area (Å²) in [4.78, 5) is 39.7. The van der Waals surface area contributed by atoms with E-state index in [2.05, 4.69) is 30.9 Å². The van der Waals surface area contributed by atoms with Crippen molar-refractivity contribution in [3.8, 4) is 0 Å². The minimum atomic E-state index is -0.921. The van der Waals surface area contributed by atoms with E-state index in [0.717, 1.165) is 69.1 Å². The molecule has 0 aromatic carbocycles. The maximum absolute atomic E-state index is 13.3. The van der Waals surface area contributed by atoms with E-state index in [1.807, 2.05) is 0 Å². The second kappa shape index (κ2) is 10.1. The Morgan fingerprint density at radius 1 is 0.976 bits per heavy atom. The van der Waals surface area contributed by atoms with Gasteiger partial charge in [0.15, 0.2) is 35.1 Å². The molecule has 4 heterocycles. The predicted octanol–water partition coefficient (Wildman–Crippen LogP) is 2.37. The van der Waals surface area contributed by atoms with E-state index < -0.39 is 30.3 Å². The van der Waals surface area contributed by atoms with Gasteiger partial charge in [0, 0.05) is 24.9 Å². The van der Waals surface area contributed by atoms with Gasteiger partial charge in [-0.2, -0.15) is 0 Å². The Morgan fingerprint density at radius 2 is 1.69 bits per heavy atom. The third-order valence-electron chi connectivity index (χ3n) is 10.5. The third-order valence-corrected chi connectivity index (χ3v) is 10.5. The Kier molecular flexibility index (Phi) is 6.43. The number of urea groups is 1. The highest BCUT2D eigenvalue weighted by Crippen LogP contribution is 2.55. The summed E-state index contributed by atoms with van der Waals surface area (Å²) in [5.41, 5.74) is 0.763. The van der Waals surface area contributed by atoms with E-state index in [1.54, 1.807) is 10.9 Å². The Labute approximate surface area is 243 Å². The fraction of sp³-hybridized carbons (Fsp3) is 0.759. The minimum Gasteiger partial charge on any atom is -0.395 e. The summed E-state index contributed by atoms with van der Waals surface area (Å²) in [6, 6.07) is -0.268. The Morgan fingerprint density at radius 3 is 2.40 bits per heavy atom. The normalized spacial score (nSPS) is 37.7. The monoisotopic (exact) mass is 581 g/mol. The second-order valence-electron chi connectivity index (χ2n) is 13.4. The molecule has 3 amide bonds. The van der Waals surface area contributed by atoms with Crippen LogP contribution in [0.5, 0.6) is 0 Å². The summed E-state index contributed by atoms with van der Waals surface area (Å²) in [6.45, 7) is -0.0547. The second-order valence-corrected chi connectivity index (χ2v) is 13.4. The molecule has 13 heteroatoms. The zero-order chi connectivity index (χ0) is 28.5. The van der Waals surface area contributed by atoms with E-state index >= 15 is 0 Å². The maximum atomic E-state index is 13.3. The number of aliphatic hydroxyl groups is 1. The van der Waals surface area contributed by atoms with Crippen LogP contribution in [-0.4, -0.2) is 79.4 Å². The van der Waals surface area contributed by atoms with Crippen molar-refractivity contribution in [1.82, 2.24) is 30.2 Å². The lowest BCUT2D eigenvalue weighted by Gasteiger charge is -2.56. The third kappa shape index (κ3) is 4.47. The highest BCUT2D eigenvalue weighted by Gasteiger charge is 2.61. The summed E-state index contributed by atoms with van der Waals surface area (Å²) in [7, 11) is 0. The average Bonchev–Trinajstić information content (AvgIpc) is 3.63. The number of carbonyl (C=O) groups is 2. The molecule has 4 bridgehead atoms.